The van der Waals surface area contributed by atoms with E-state index < -0.39 is 35.5 Å². The van der Waals surface area contributed by atoms with E-state index in [-0.39, 0.29) is 22.1 Å². The molecule has 16 heteroatoms. The van der Waals surface area contributed by atoms with Crippen molar-refractivity contribution in [2.75, 3.05) is 26.6 Å². The number of methoxy groups -OCH3 is 1. The van der Waals surface area contributed by atoms with Gasteiger partial charge in [-0.1, -0.05) is 16.8 Å². The highest BCUT2D eigenvalue weighted by molar-refractivity contribution is 6.32. The van der Waals surface area contributed by atoms with Crippen molar-refractivity contribution in [2.45, 2.75) is 13.1 Å². The first-order valence-electron chi connectivity index (χ1n) is 10.8. The molecule has 0 bridgehead atoms. The summed E-state index contributed by atoms with van der Waals surface area (Å²) in [7, 11) is 3.64. The number of nitrogens with zero attached hydrogens (tertiary/aromatic N) is 5. The van der Waals surface area contributed by atoms with E-state index in [1.165, 1.54) is 57.8 Å². The maximum Gasteiger partial charge on any atom is 0.435 e. The van der Waals surface area contributed by atoms with Crippen LogP contribution in [-0.2, 0) is 15.8 Å². The summed E-state index contributed by atoms with van der Waals surface area (Å²) >= 11 is 6.10. The maximum atomic E-state index is 13.5. The molecule has 0 spiro atoms. The van der Waals surface area contributed by atoms with Crippen LogP contribution in [0.2, 0.25) is 5.02 Å². The average molecular weight is 568 g/mol. The van der Waals surface area contributed by atoms with Crippen molar-refractivity contribution in [3.05, 3.63) is 69.6 Å². The number of rotatable bonds is 6. The molecule has 2 heterocycles. The number of anilines is 1. The molecule has 3 amide bonds. The van der Waals surface area contributed by atoms with Gasteiger partial charge in [-0.2, -0.15) is 18.3 Å². The molecule has 0 saturated heterocycles. The van der Waals surface area contributed by atoms with Gasteiger partial charge in [0.05, 0.1) is 29.6 Å². The lowest BCUT2D eigenvalue weighted by Gasteiger charge is -2.19. The third-order valence-electron chi connectivity index (χ3n) is 5.04. The number of oxime groups is 1. The number of halogens is 4. The van der Waals surface area contributed by atoms with Crippen LogP contribution in [0.4, 0.5) is 23.7 Å². The monoisotopic (exact) mass is 567 g/mol. The molecule has 39 heavy (non-hydrogen) atoms. The Morgan fingerprint density at radius 3 is 2.51 bits per heavy atom. The Kier molecular flexibility index (Phi) is 8.75. The summed E-state index contributed by atoms with van der Waals surface area (Å²) in [6, 6.07) is 6.20. The van der Waals surface area contributed by atoms with Crippen molar-refractivity contribution in [2.24, 2.45) is 5.16 Å². The predicted octanol–water partition coefficient (Wildman–Crippen LogP) is 3.82. The molecule has 0 aliphatic rings. The summed E-state index contributed by atoms with van der Waals surface area (Å²) in [5.41, 5.74) is 0.824. The van der Waals surface area contributed by atoms with Gasteiger partial charge in [-0.05, 0) is 42.3 Å². The van der Waals surface area contributed by atoms with Crippen LogP contribution in [0.3, 0.4) is 0 Å². The zero-order valence-electron chi connectivity index (χ0n) is 20.8. The number of nitrogens with one attached hydrogen (secondary N) is 2. The molecule has 0 saturated carbocycles. The van der Waals surface area contributed by atoms with Crippen LogP contribution in [-0.4, -0.2) is 65.2 Å². The lowest BCUT2D eigenvalue weighted by molar-refractivity contribution is -0.141. The van der Waals surface area contributed by atoms with E-state index in [1.54, 1.807) is 0 Å². The first-order chi connectivity index (χ1) is 18.4. The molecule has 206 valence electrons. The van der Waals surface area contributed by atoms with Crippen LogP contribution in [0.5, 0.6) is 0 Å². The Hall–Kier alpha value is -4.66. The van der Waals surface area contributed by atoms with E-state index in [4.69, 9.17) is 11.6 Å². The lowest BCUT2D eigenvalue weighted by Crippen LogP contribution is -2.43. The smallest absolute Gasteiger partial charge is 0.435 e. The normalized spacial score (nSPS) is 11.3. The first-order valence-corrected chi connectivity index (χ1v) is 11.2. The van der Waals surface area contributed by atoms with Gasteiger partial charge < -0.3 is 14.9 Å². The minimum atomic E-state index is -4.89. The highest BCUT2D eigenvalue weighted by Gasteiger charge is 2.37. The van der Waals surface area contributed by atoms with E-state index >= 15 is 0 Å². The first kappa shape index (κ1) is 28.9. The zero-order chi connectivity index (χ0) is 28.9. The lowest BCUT2D eigenvalue weighted by atomic mass is 10.0. The summed E-state index contributed by atoms with van der Waals surface area (Å²) in [6.07, 6.45) is -3.22. The second-order valence-electron chi connectivity index (χ2n) is 7.73. The number of ether oxygens (including phenoxy) is 1. The number of hydrazine groups is 1. The van der Waals surface area contributed by atoms with Crippen LogP contribution in [0.1, 0.15) is 37.7 Å². The van der Waals surface area contributed by atoms with Crippen molar-refractivity contribution in [1.29, 1.82) is 0 Å². The average Bonchev–Trinajstić information content (AvgIpc) is 3.34. The second kappa shape index (κ2) is 11.8. The van der Waals surface area contributed by atoms with Crippen LogP contribution in [0.15, 0.2) is 41.7 Å². The molecule has 2 aromatic heterocycles. The molecule has 0 unspecified atom stereocenters. The fraction of sp³-hybridized carbons (Fsp3) is 0.217. The zero-order valence-corrected chi connectivity index (χ0v) is 21.6. The quantitative estimate of drug-likeness (QED) is 0.341. The molecule has 12 nitrogen and oxygen atoms in total. The van der Waals surface area contributed by atoms with Crippen LogP contribution >= 0.6 is 11.6 Å². The van der Waals surface area contributed by atoms with Crippen LogP contribution in [0.25, 0.3) is 5.82 Å². The van der Waals surface area contributed by atoms with Gasteiger partial charge in [0.1, 0.15) is 12.8 Å². The molecular formula is C23H21ClF3N7O5. The molecule has 2 N–H and O–H groups in total. The van der Waals surface area contributed by atoms with Crippen molar-refractivity contribution in [1.82, 2.24) is 25.2 Å². The van der Waals surface area contributed by atoms with Gasteiger partial charge in [0, 0.05) is 19.3 Å². The fourth-order valence-electron chi connectivity index (χ4n) is 3.30. The van der Waals surface area contributed by atoms with Gasteiger partial charge in [-0.15, -0.1) is 0 Å². The summed E-state index contributed by atoms with van der Waals surface area (Å²) < 4.78 is 45.7. The number of hydrogen-bond donors (Lipinski definition) is 2. The Morgan fingerprint density at radius 1 is 1.18 bits per heavy atom. The van der Waals surface area contributed by atoms with Crippen molar-refractivity contribution in [3.63, 3.8) is 0 Å². The summed E-state index contributed by atoms with van der Waals surface area (Å²) in [5.74, 6) is -2.14. The van der Waals surface area contributed by atoms with Gasteiger partial charge in [0.25, 0.3) is 11.8 Å². The molecule has 0 aliphatic heterocycles. The van der Waals surface area contributed by atoms with Crippen LogP contribution in [0, 0.1) is 6.92 Å². The van der Waals surface area contributed by atoms with Gasteiger partial charge in [0.2, 0.25) is 0 Å². The minimum Gasteiger partial charge on any atom is -0.452 e. The number of hydrogen-bond acceptors (Lipinski definition) is 8. The molecule has 0 atom stereocenters. The number of alkyl halides is 3. The SMILES string of the molecule is CO/N=C/c1cc(C)c(NC(=O)c2cc(C(F)(F)F)nn2-c2ncccc2Cl)c(C(=O)NN(C)C(=O)OC)c1. The standard InChI is InChI=1S/C23H21ClF3N7O5/c1-12-8-13(11-29-39-4)9-14(20(35)32-33(2)22(37)38-3)18(12)30-21(36)16-10-17(23(25,26)27)31-34(16)19-15(24)6-5-7-28-19/h5-11H,1-4H3,(H,30,36)(H,32,35)/b29-11+. The third-order valence-corrected chi connectivity index (χ3v) is 5.33. The number of aryl methyl sites for hydroxylation is 1. The number of carbonyl (C=O) groups excluding carboxylic acids is 3. The van der Waals surface area contributed by atoms with Gasteiger partial charge >= 0.3 is 12.3 Å². The predicted molar refractivity (Wildman–Crippen MR) is 133 cm³/mol. The molecule has 1 aromatic carbocycles. The number of amides is 3. The molecular weight excluding hydrogens is 547 g/mol. The number of benzene rings is 1. The largest absolute Gasteiger partial charge is 0.452 e. The van der Waals surface area contributed by atoms with Gasteiger partial charge in [0.15, 0.2) is 11.5 Å². The topological polar surface area (TPSA) is 140 Å². The second-order valence-corrected chi connectivity index (χ2v) is 8.14. The molecule has 0 aliphatic carbocycles. The summed E-state index contributed by atoms with van der Waals surface area (Å²) in [5, 5.41) is 10.3. The molecule has 3 rings (SSSR count). The number of aromatic nitrogens is 3. The van der Waals surface area contributed by atoms with Crippen molar-refractivity contribution >= 4 is 41.4 Å². The third kappa shape index (κ3) is 6.62. The Bertz CT molecular complexity index is 1440. The van der Waals surface area contributed by atoms with E-state index in [1.807, 2.05) is 0 Å². The molecule has 0 fully saturated rings. The summed E-state index contributed by atoms with van der Waals surface area (Å²) in [4.78, 5) is 46.8. The van der Waals surface area contributed by atoms with Gasteiger partial charge in [-0.3, -0.25) is 15.0 Å². The number of pyridine rings is 1. The van der Waals surface area contributed by atoms with Crippen molar-refractivity contribution < 1.29 is 37.1 Å². The Morgan fingerprint density at radius 2 is 1.90 bits per heavy atom. The fourth-order valence-corrected chi connectivity index (χ4v) is 3.50. The Labute approximate surface area is 224 Å². The van der Waals surface area contributed by atoms with Crippen molar-refractivity contribution in [3.8, 4) is 5.82 Å². The van der Waals surface area contributed by atoms with Gasteiger partial charge in [-0.25, -0.2) is 19.5 Å². The van der Waals surface area contributed by atoms with E-state index in [0.717, 1.165) is 12.1 Å². The van der Waals surface area contributed by atoms with E-state index in [0.29, 0.717) is 21.9 Å². The Balaban J connectivity index is 2.10. The number of carbonyl (C=O) groups is 3. The molecule has 0 radical (unpaired) electrons. The summed E-state index contributed by atoms with van der Waals surface area (Å²) in [6.45, 7) is 1.54. The highest BCUT2D eigenvalue weighted by Crippen LogP contribution is 2.31. The minimum absolute atomic E-state index is 0.0627. The van der Waals surface area contributed by atoms with E-state index in [9.17, 15) is 27.6 Å². The highest BCUT2D eigenvalue weighted by atomic mass is 35.5. The van der Waals surface area contributed by atoms with Crippen LogP contribution < -0.4 is 10.7 Å². The maximum absolute atomic E-state index is 13.5. The molecule has 3 aromatic rings. The van der Waals surface area contributed by atoms with E-state index in [2.05, 4.69) is 35.6 Å².